The maximum atomic E-state index is 12.0. The molecule has 1 amide bonds. The Labute approximate surface area is 188 Å². The Morgan fingerprint density at radius 2 is 2.03 bits per heavy atom. The highest BCUT2D eigenvalue weighted by molar-refractivity contribution is 5.70. The van der Waals surface area contributed by atoms with E-state index in [2.05, 4.69) is 17.4 Å². The van der Waals surface area contributed by atoms with Crippen molar-refractivity contribution >= 4 is 12.1 Å². The molecule has 174 valence electrons. The fourth-order valence-corrected chi connectivity index (χ4v) is 3.72. The summed E-state index contributed by atoms with van der Waals surface area (Å²) in [5, 5.41) is 16.1. The van der Waals surface area contributed by atoms with Crippen LogP contribution in [0.4, 0.5) is 4.79 Å². The van der Waals surface area contributed by atoms with Crippen LogP contribution in [0.15, 0.2) is 28.8 Å². The zero-order valence-corrected chi connectivity index (χ0v) is 18.9. The summed E-state index contributed by atoms with van der Waals surface area (Å²) < 4.78 is 16.8. The van der Waals surface area contributed by atoms with Gasteiger partial charge in [-0.2, -0.15) is 0 Å². The van der Waals surface area contributed by atoms with E-state index in [4.69, 9.17) is 14.0 Å². The molecule has 0 spiro atoms. The number of aryl methyl sites for hydroxylation is 1. The minimum Gasteiger partial charge on any atom is -0.490 e. The summed E-state index contributed by atoms with van der Waals surface area (Å²) in [6.45, 7) is 6.54. The van der Waals surface area contributed by atoms with Gasteiger partial charge < -0.3 is 24.4 Å². The van der Waals surface area contributed by atoms with Crippen LogP contribution in [0.1, 0.15) is 57.2 Å². The van der Waals surface area contributed by atoms with Gasteiger partial charge in [0.15, 0.2) is 5.76 Å². The van der Waals surface area contributed by atoms with Crippen LogP contribution in [0.25, 0.3) is 11.3 Å². The maximum Gasteiger partial charge on any atom is 0.407 e. The fourth-order valence-electron chi connectivity index (χ4n) is 3.72. The quantitative estimate of drug-likeness (QED) is 0.563. The van der Waals surface area contributed by atoms with E-state index in [9.17, 15) is 14.7 Å². The second kappa shape index (κ2) is 11.0. The molecular formula is C24H32N2O6. The van der Waals surface area contributed by atoms with Crippen LogP contribution >= 0.6 is 0 Å². The maximum absolute atomic E-state index is 12.0. The van der Waals surface area contributed by atoms with E-state index in [1.807, 2.05) is 38.1 Å². The van der Waals surface area contributed by atoms with Crippen molar-refractivity contribution < 1.29 is 28.7 Å². The van der Waals surface area contributed by atoms with E-state index >= 15 is 0 Å². The summed E-state index contributed by atoms with van der Waals surface area (Å²) in [5.74, 6) is 0.503. The van der Waals surface area contributed by atoms with Crippen molar-refractivity contribution in [2.75, 3.05) is 6.61 Å². The third kappa shape index (κ3) is 6.24. The normalized spacial score (nSPS) is 19.2. The molecule has 32 heavy (non-hydrogen) atoms. The van der Waals surface area contributed by atoms with Crippen LogP contribution in [-0.4, -0.2) is 35.0 Å². The Morgan fingerprint density at radius 3 is 2.72 bits per heavy atom. The first-order valence-corrected chi connectivity index (χ1v) is 11.2. The number of hydrogen-bond acceptors (Lipinski definition) is 6. The Hall–Kier alpha value is -3.03. The number of nitrogens with zero attached hydrogens (tertiary/aromatic N) is 1. The van der Waals surface area contributed by atoms with Gasteiger partial charge in [0.2, 0.25) is 0 Å². The minimum absolute atomic E-state index is 0.0931. The second-order valence-corrected chi connectivity index (χ2v) is 8.51. The molecule has 1 aromatic heterocycles. The van der Waals surface area contributed by atoms with Gasteiger partial charge in [0.25, 0.3) is 0 Å². The lowest BCUT2D eigenvalue weighted by Gasteiger charge is -2.27. The second-order valence-electron chi connectivity index (χ2n) is 8.51. The first kappa shape index (κ1) is 23.6. The lowest BCUT2D eigenvalue weighted by Crippen LogP contribution is -2.29. The topological polar surface area (TPSA) is 111 Å². The van der Waals surface area contributed by atoms with Gasteiger partial charge in [-0.15, -0.1) is 0 Å². The third-order valence-electron chi connectivity index (χ3n) is 5.98. The molecule has 8 heteroatoms. The average molecular weight is 445 g/mol. The number of benzene rings is 1. The molecule has 1 unspecified atom stereocenters. The van der Waals surface area contributed by atoms with Crippen LogP contribution < -0.4 is 10.1 Å². The smallest absolute Gasteiger partial charge is 0.407 e. The molecule has 0 bridgehead atoms. The first-order valence-electron chi connectivity index (χ1n) is 11.2. The van der Waals surface area contributed by atoms with Gasteiger partial charge in [0.1, 0.15) is 5.75 Å². The largest absolute Gasteiger partial charge is 0.490 e. The van der Waals surface area contributed by atoms with E-state index < -0.39 is 12.1 Å². The number of nitrogens with one attached hydrogen (secondary N) is 1. The molecule has 2 N–H and O–H groups in total. The molecule has 3 atom stereocenters. The van der Waals surface area contributed by atoms with E-state index in [0.717, 1.165) is 30.4 Å². The molecule has 3 rings (SSSR count). The van der Waals surface area contributed by atoms with E-state index in [1.54, 1.807) is 0 Å². The standard InChI is InChI=1S/C24H32N2O6/c1-4-15(2)14-30-24(29)25-13-21-16(3)26-32-22(21)17-8-10-19(11-9-17)31-20-7-5-6-18(12-20)23(27)28/h8-11,15,18,20H,4-7,12-14H2,1-3H3,(H,25,29)(H,27,28)/t15?,18-,20-/m1/s1. The Balaban J connectivity index is 1.60. The highest BCUT2D eigenvalue weighted by Gasteiger charge is 2.28. The van der Waals surface area contributed by atoms with Crippen molar-refractivity contribution in [2.24, 2.45) is 11.8 Å². The van der Waals surface area contributed by atoms with Crippen LogP contribution in [0.3, 0.4) is 0 Å². The number of rotatable bonds is 9. The van der Waals surface area contributed by atoms with Crippen molar-refractivity contribution in [3.05, 3.63) is 35.5 Å². The summed E-state index contributed by atoms with van der Waals surface area (Å²) in [4.78, 5) is 23.2. The zero-order valence-electron chi connectivity index (χ0n) is 18.9. The lowest BCUT2D eigenvalue weighted by molar-refractivity contribution is -0.143. The molecular weight excluding hydrogens is 412 g/mol. The number of amides is 1. The molecule has 0 aliphatic heterocycles. The number of aliphatic carboxylic acids is 1. The predicted molar refractivity (Wildman–Crippen MR) is 118 cm³/mol. The molecule has 1 aromatic carbocycles. The van der Waals surface area contributed by atoms with E-state index in [0.29, 0.717) is 42.6 Å². The van der Waals surface area contributed by atoms with E-state index in [1.165, 1.54) is 0 Å². The first-order chi connectivity index (χ1) is 15.4. The number of aromatic nitrogens is 1. The lowest BCUT2D eigenvalue weighted by atomic mass is 9.87. The number of hydrogen-bond donors (Lipinski definition) is 2. The summed E-state index contributed by atoms with van der Waals surface area (Å²) in [7, 11) is 0. The summed E-state index contributed by atoms with van der Waals surface area (Å²) in [5.41, 5.74) is 2.30. The van der Waals surface area contributed by atoms with Gasteiger partial charge in [-0.05, 0) is 62.8 Å². The predicted octanol–water partition coefficient (Wildman–Crippen LogP) is 4.94. The Bertz CT molecular complexity index is 908. The number of carboxylic acids is 1. The molecule has 8 nitrogen and oxygen atoms in total. The van der Waals surface area contributed by atoms with Gasteiger partial charge in [-0.1, -0.05) is 25.4 Å². The molecule has 2 aromatic rings. The highest BCUT2D eigenvalue weighted by Crippen LogP contribution is 2.31. The van der Waals surface area contributed by atoms with Gasteiger partial charge in [0, 0.05) is 11.1 Å². The summed E-state index contributed by atoms with van der Waals surface area (Å²) in [6, 6.07) is 7.43. The van der Waals surface area contributed by atoms with Crippen molar-refractivity contribution in [2.45, 2.75) is 65.5 Å². The van der Waals surface area contributed by atoms with E-state index in [-0.39, 0.29) is 18.6 Å². The third-order valence-corrected chi connectivity index (χ3v) is 5.98. The number of ether oxygens (including phenoxy) is 2. The number of alkyl carbamates (subject to hydrolysis) is 1. The zero-order chi connectivity index (χ0) is 23.1. The van der Waals surface area contributed by atoms with Gasteiger partial charge >= 0.3 is 12.1 Å². The number of carbonyl (C=O) groups is 2. The average Bonchev–Trinajstić information content (AvgIpc) is 3.16. The number of carbonyl (C=O) groups excluding carboxylic acids is 1. The van der Waals surface area contributed by atoms with Gasteiger partial charge in [-0.25, -0.2) is 4.79 Å². The molecule has 0 radical (unpaired) electrons. The minimum atomic E-state index is -0.751. The monoisotopic (exact) mass is 444 g/mol. The molecule has 0 saturated heterocycles. The highest BCUT2D eigenvalue weighted by atomic mass is 16.5. The van der Waals surface area contributed by atoms with Crippen molar-refractivity contribution in [1.82, 2.24) is 10.5 Å². The van der Waals surface area contributed by atoms with Crippen molar-refractivity contribution in [1.29, 1.82) is 0 Å². The molecule has 1 aliphatic rings. The van der Waals surface area contributed by atoms with Crippen LogP contribution in [0.5, 0.6) is 5.75 Å². The van der Waals surface area contributed by atoms with Crippen molar-refractivity contribution in [3.8, 4) is 17.1 Å². The van der Waals surface area contributed by atoms with Crippen molar-refractivity contribution in [3.63, 3.8) is 0 Å². The SMILES string of the molecule is CCC(C)COC(=O)NCc1c(C)noc1-c1ccc(O[C@@H]2CCC[C@@H](C(=O)O)C2)cc1. The molecule has 1 heterocycles. The fraction of sp³-hybridized carbons (Fsp3) is 0.542. The molecule has 1 saturated carbocycles. The van der Waals surface area contributed by atoms with Gasteiger partial charge in [0.05, 0.1) is 30.9 Å². The molecule has 1 aliphatic carbocycles. The van der Waals surface area contributed by atoms with Crippen LogP contribution in [0.2, 0.25) is 0 Å². The van der Waals surface area contributed by atoms with Crippen LogP contribution in [-0.2, 0) is 16.1 Å². The summed E-state index contributed by atoms with van der Waals surface area (Å²) >= 11 is 0. The van der Waals surface area contributed by atoms with Crippen LogP contribution in [0, 0.1) is 18.8 Å². The summed E-state index contributed by atoms with van der Waals surface area (Å²) in [6.07, 6.45) is 3.34. The Kier molecular flexibility index (Phi) is 8.14. The van der Waals surface area contributed by atoms with Gasteiger partial charge in [-0.3, -0.25) is 4.79 Å². The number of carboxylic acid groups (broad SMARTS) is 1. The molecule has 1 fully saturated rings. The Morgan fingerprint density at radius 1 is 1.28 bits per heavy atom.